The summed E-state index contributed by atoms with van der Waals surface area (Å²) in [7, 11) is 2.00. The number of hydrogen-bond acceptors (Lipinski definition) is 12. The van der Waals surface area contributed by atoms with Crippen LogP contribution >= 0.6 is 0 Å². The highest BCUT2D eigenvalue weighted by atomic mass is 16.5. The molecule has 0 radical (unpaired) electrons. The summed E-state index contributed by atoms with van der Waals surface area (Å²) in [5.74, 6) is -1.81. The van der Waals surface area contributed by atoms with Crippen LogP contribution < -0.4 is 0 Å². The molecule has 12 nitrogen and oxygen atoms in total. The van der Waals surface area contributed by atoms with Crippen molar-refractivity contribution in [3.8, 4) is 23.0 Å². The fraction of sp³-hybridized carbons (Fsp3) is 0.588. The van der Waals surface area contributed by atoms with Crippen LogP contribution in [0.4, 0.5) is 0 Å². The first-order valence-corrected chi connectivity index (χ1v) is 15.7. The maximum Gasteiger partial charge on any atom is 0.342 e. The Morgan fingerprint density at radius 2 is 0.957 bits per heavy atom. The molecular formula is C34H52O12. The SMILES string of the molecule is CO.CO.C[C@H](O)C[C@@H]1CCCCCc2cc(O)cc(O)c2C(=O)O1.C[C@H](O)C[C@@H]1CCCCCc2cc(O)cc(O)c2C(=O)O1. The number of aromatic hydroxyl groups is 4. The molecule has 46 heavy (non-hydrogen) atoms. The summed E-state index contributed by atoms with van der Waals surface area (Å²) in [6.07, 6.45) is 7.21. The van der Waals surface area contributed by atoms with Gasteiger partial charge in [0.1, 0.15) is 46.3 Å². The second-order valence-electron chi connectivity index (χ2n) is 11.4. The summed E-state index contributed by atoms with van der Waals surface area (Å²) >= 11 is 0. The van der Waals surface area contributed by atoms with Gasteiger partial charge >= 0.3 is 11.9 Å². The number of aliphatic hydroxyl groups is 4. The van der Waals surface area contributed by atoms with Gasteiger partial charge < -0.3 is 50.3 Å². The standard InChI is InChI=1S/2C16H22O5.2CH4O/c2*1-10(17)7-13-6-4-2-3-5-11-8-12(18)9-14(19)15(11)16(20)21-13;2*1-2/h2*8-10,13,17-19H,2-7H2,1H3;2*2H,1H3/t2*10-,13-;;/m00../s1. The monoisotopic (exact) mass is 652 g/mol. The van der Waals surface area contributed by atoms with Gasteiger partial charge in [-0.1, -0.05) is 12.8 Å². The average molecular weight is 653 g/mol. The second-order valence-corrected chi connectivity index (χ2v) is 11.4. The van der Waals surface area contributed by atoms with E-state index in [-0.39, 0.29) is 46.3 Å². The third-order valence-corrected chi connectivity index (χ3v) is 7.48. The lowest BCUT2D eigenvalue weighted by atomic mass is 9.97. The Kier molecular flexibility index (Phi) is 18.7. The molecule has 0 unspecified atom stereocenters. The van der Waals surface area contributed by atoms with Crippen molar-refractivity contribution in [3.63, 3.8) is 0 Å². The molecule has 8 N–H and O–H groups in total. The van der Waals surface area contributed by atoms with E-state index in [1.54, 1.807) is 13.8 Å². The number of carbonyl (C=O) groups excluding carboxylic acids is 2. The van der Waals surface area contributed by atoms with Gasteiger partial charge in [-0.05, 0) is 88.5 Å². The fourth-order valence-corrected chi connectivity index (χ4v) is 5.56. The highest BCUT2D eigenvalue weighted by Gasteiger charge is 2.26. The van der Waals surface area contributed by atoms with Gasteiger partial charge in [0.15, 0.2) is 0 Å². The smallest absolute Gasteiger partial charge is 0.342 e. The number of fused-ring (bicyclic) bond motifs is 2. The maximum absolute atomic E-state index is 12.3. The number of cyclic esters (lactones) is 2. The number of aryl methyl sites for hydroxylation is 2. The van der Waals surface area contributed by atoms with E-state index in [9.17, 15) is 40.2 Å². The molecule has 4 atom stereocenters. The summed E-state index contributed by atoms with van der Waals surface area (Å²) in [6.45, 7) is 3.33. The molecule has 0 saturated carbocycles. The number of carbonyl (C=O) groups is 2. The van der Waals surface area contributed by atoms with Gasteiger partial charge in [-0.2, -0.15) is 0 Å². The molecule has 4 rings (SSSR count). The van der Waals surface area contributed by atoms with Gasteiger partial charge in [0, 0.05) is 39.2 Å². The zero-order valence-electron chi connectivity index (χ0n) is 27.3. The molecule has 0 bridgehead atoms. The molecule has 0 aliphatic carbocycles. The Morgan fingerprint density at radius 3 is 1.28 bits per heavy atom. The van der Waals surface area contributed by atoms with Crippen molar-refractivity contribution in [1.29, 1.82) is 0 Å². The summed E-state index contributed by atoms with van der Waals surface area (Å²) in [5, 5.41) is 72.0. The van der Waals surface area contributed by atoms with Gasteiger partial charge in [-0.15, -0.1) is 0 Å². The van der Waals surface area contributed by atoms with Crippen molar-refractivity contribution >= 4 is 11.9 Å². The molecule has 2 aliphatic heterocycles. The summed E-state index contributed by atoms with van der Waals surface area (Å²) in [4.78, 5) is 24.6. The highest BCUT2D eigenvalue weighted by Crippen LogP contribution is 2.32. The number of benzene rings is 2. The molecule has 0 fully saturated rings. The van der Waals surface area contributed by atoms with Gasteiger partial charge in [0.2, 0.25) is 0 Å². The summed E-state index contributed by atoms with van der Waals surface area (Å²) in [6, 6.07) is 5.30. The normalized spacial score (nSPS) is 19.7. The van der Waals surface area contributed by atoms with Crippen LogP contribution in [-0.4, -0.2) is 91.4 Å². The van der Waals surface area contributed by atoms with Gasteiger partial charge in [-0.3, -0.25) is 0 Å². The highest BCUT2D eigenvalue weighted by molar-refractivity contribution is 5.95. The van der Waals surface area contributed by atoms with Crippen molar-refractivity contribution in [2.45, 2.75) is 115 Å². The number of hydrogen-bond donors (Lipinski definition) is 8. The lowest BCUT2D eigenvalue weighted by Crippen LogP contribution is -2.24. The van der Waals surface area contributed by atoms with E-state index >= 15 is 0 Å². The minimum absolute atomic E-state index is 0.0587. The number of ether oxygens (including phenoxy) is 2. The summed E-state index contributed by atoms with van der Waals surface area (Å²) < 4.78 is 10.9. The molecule has 0 spiro atoms. The van der Waals surface area contributed by atoms with E-state index in [0.29, 0.717) is 49.7 Å². The van der Waals surface area contributed by atoms with E-state index in [1.165, 1.54) is 12.1 Å². The number of esters is 2. The Morgan fingerprint density at radius 1 is 0.609 bits per heavy atom. The van der Waals surface area contributed by atoms with Gasteiger partial charge in [0.05, 0.1) is 12.2 Å². The lowest BCUT2D eigenvalue weighted by molar-refractivity contribution is 0.0118. The van der Waals surface area contributed by atoms with Crippen LogP contribution in [0.15, 0.2) is 24.3 Å². The van der Waals surface area contributed by atoms with Crippen molar-refractivity contribution < 1.29 is 59.9 Å². The number of aliphatic hydroxyl groups excluding tert-OH is 4. The van der Waals surface area contributed by atoms with Crippen molar-refractivity contribution in [3.05, 3.63) is 46.5 Å². The van der Waals surface area contributed by atoms with E-state index in [2.05, 4.69) is 0 Å². The first kappa shape index (κ1) is 40.4. The molecule has 2 heterocycles. The molecule has 0 aromatic heterocycles. The predicted molar refractivity (Wildman–Crippen MR) is 171 cm³/mol. The largest absolute Gasteiger partial charge is 0.508 e. The zero-order valence-corrected chi connectivity index (χ0v) is 27.3. The first-order valence-electron chi connectivity index (χ1n) is 15.7. The Labute approximate surface area is 270 Å². The minimum Gasteiger partial charge on any atom is -0.508 e. The molecular weight excluding hydrogens is 600 g/mol. The van der Waals surface area contributed by atoms with E-state index < -0.39 is 24.1 Å². The van der Waals surface area contributed by atoms with Crippen molar-refractivity contribution in [2.24, 2.45) is 0 Å². The average Bonchev–Trinajstić information content (AvgIpc) is 2.97. The molecule has 12 heteroatoms. The van der Waals surface area contributed by atoms with Crippen LogP contribution in [-0.2, 0) is 22.3 Å². The van der Waals surface area contributed by atoms with Crippen LogP contribution in [0.25, 0.3) is 0 Å². The summed E-state index contributed by atoms with van der Waals surface area (Å²) in [5.41, 5.74) is 1.47. The minimum atomic E-state index is -0.588. The number of phenols is 4. The fourth-order valence-electron chi connectivity index (χ4n) is 5.56. The third kappa shape index (κ3) is 13.4. The molecule has 0 amide bonds. The van der Waals surface area contributed by atoms with Crippen LogP contribution in [0, 0.1) is 0 Å². The number of phenolic OH excluding ortho intramolecular Hbond substituents is 4. The van der Waals surface area contributed by atoms with Crippen LogP contribution in [0.3, 0.4) is 0 Å². The predicted octanol–water partition coefficient (Wildman–Crippen LogP) is 4.24. The Bertz CT molecular complexity index is 1120. The zero-order chi connectivity index (χ0) is 34.8. The van der Waals surface area contributed by atoms with Gasteiger partial charge in [0.25, 0.3) is 0 Å². The molecule has 0 saturated heterocycles. The Balaban J connectivity index is 0.000000415. The molecule has 2 aromatic rings. The quantitative estimate of drug-likeness (QED) is 0.218. The molecule has 260 valence electrons. The van der Waals surface area contributed by atoms with Crippen LogP contribution in [0.1, 0.15) is 110 Å². The van der Waals surface area contributed by atoms with E-state index in [1.807, 2.05) is 0 Å². The molecule has 2 aliphatic rings. The first-order chi connectivity index (χ1) is 21.9. The van der Waals surface area contributed by atoms with E-state index in [4.69, 9.17) is 19.7 Å². The van der Waals surface area contributed by atoms with Gasteiger partial charge in [-0.25, -0.2) is 9.59 Å². The lowest BCUT2D eigenvalue weighted by Gasteiger charge is -2.22. The van der Waals surface area contributed by atoms with Crippen LogP contribution in [0.5, 0.6) is 23.0 Å². The second kappa shape index (κ2) is 21.3. The number of rotatable bonds is 4. The van der Waals surface area contributed by atoms with Crippen LogP contribution in [0.2, 0.25) is 0 Å². The Hall–Kier alpha value is -3.58. The topological polar surface area (TPSA) is 214 Å². The van der Waals surface area contributed by atoms with Crippen molar-refractivity contribution in [2.75, 3.05) is 14.2 Å². The van der Waals surface area contributed by atoms with Crippen molar-refractivity contribution in [1.82, 2.24) is 0 Å². The molecule has 2 aromatic carbocycles. The maximum atomic E-state index is 12.3. The third-order valence-electron chi connectivity index (χ3n) is 7.48. The van der Waals surface area contributed by atoms with E-state index in [0.717, 1.165) is 64.9 Å².